The molecule has 0 aliphatic heterocycles. The van der Waals surface area contributed by atoms with Crippen LogP contribution in [0.5, 0.6) is 5.75 Å². The molecule has 0 unspecified atom stereocenters. The molecule has 0 radical (unpaired) electrons. The smallest absolute Gasteiger partial charge is 0.344 e. The lowest BCUT2D eigenvalue weighted by molar-refractivity contribution is -0.150. The van der Waals surface area contributed by atoms with Crippen molar-refractivity contribution in [3.05, 3.63) is 29.3 Å². The highest BCUT2D eigenvalue weighted by atomic mass is 16.6. The predicted molar refractivity (Wildman–Crippen MR) is 75.8 cm³/mol. The summed E-state index contributed by atoms with van der Waals surface area (Å²) >= 11 is 0. The number of benzene rings is 1. The fraction of sp³-hybridized carbons (Fsp3) is 0.467. The molecule has 0 saturated carbocycles. The van der Waals surface area contributed by atoms with Crippen molar-refractivity contribution in [1.82, 2.24) is 5.32 Å². The highest BCUT2D eigenvalue weighted by Gasteiger charge is 2.11. The first-order valence-electron chi connectivity index (χ1n) is 6.53. The standard InChI is InChI=1S/C15H21NO4/c1-10(2)12-6-5-11(3)7-13(12)19-9-15(18)20-8-14(17)16-4/h5-7,10H,8-9H2,1-4H3,(H,16,17). The lowest BCUT2D eigenvalue weighted by Gasteiger charge is -2.14. The van der Waals surface area contributed by atoms with E-state index in [9.17, 15) is 9.59 Å². The SMILES string of the molecule is CNC(=O)COC(=O)COc1cc(C)ccc1C(C)C. The van der Waals surface area contributed by atoms with Crippen molar-refractivity contribution < 1.29 is 19.1 Å². The number of carbonyl (C=O) groups excluding carboxylic acids is 2. The molecule has 5 heteroatoms. The summed E-state index contributed by atoms with van der Waals surface area (Å²) in [5, 5.41) is 2.37. The van der Waals surface area contributed by atoms with E-state index in [0.717, 1.165) is 11.1 Å². The van der Waals surface area contributed by atoms with Gasteiger partial charge in [0.25, 0.3) is 5.91 Å². The molecule has 0 aromatic heterocycles. The van der Waals surface area contributed by atoms with E-state index in [1.165, 1.54) is 7.05 Å². The molecule has 1 N–H and O–H groups in total. The van der Waals surface area contributed by atoms with Gasteiger partial charge in [-0.1, -0.05) is 26.0 Å². The molecule has 0 aliphatic rings. The number of esters is 1. The molecular formula is C15H21NO4. The quantitative estimate of drug-likeness (QED) is 0.806. The molecule has 0 saturated heterocycles. The van der Waals surface area contributed by atoms with E-state index in [4.69, 9.17) is 9.47 Å². The maximum Gasteiger partial charge on any atom is 0.344 e. The first-order chi connectivity index (χ1) is 9.43. The molecule has 0 atom stereocenters. The summed E-state index contributed by atoms with van der Waals surface area (Å²) in [6.07, 6.45) is 0. The molecule has 0 aliphatic carbocycles. The van der Waals surface area contributed by atoms with Crippen LogP contribution in [0.15, 0.2) is 18.2 Å². The zero-order chi connectivity index (χ0) is 15.1. The molecule has 0 heterocycles. The van der Waals surface area contributed by atoms with Gasteiger partial charge in [0.2, 0.25) is 0 Å². The van der Waals surface area contributed by atoms with E-state index in [2.05, 4.69) is 19.2 Å². The van der Waals surface area contributed by atoms with Gasteiger partial charge >= 0.3 is 5.97 Å². The van der Waals surface area contributed by atoms with Crippen LogP contribution in [0, 0.1) is 6.92 Å². The largest absolute Gasteiger partial charge is 0.482 e. The normalized spacial score (nSPS) is 10.2. The minimum atomic E-state index is -0.565. The Kier molecular flexibility index (Phi) is 6.03. The molecule has 0 spiro atoms. The van der Waals surface area contributed by atoms with E-state index in [0.29, 0.717) is 11.7 Å². The van der Waals surface area contributed by atoms with Crippen molar-refractivity contribution in [1.29, 1.82) is 0 Å². The third-order valence-electron chi connectivity index (χ3n) is 2.78. The summed E-state index contributed by atoms with van der Waals surface area (Å²) in [5.74, 6) is 0.0611. The number of hydrogen-bond acceptors (Lipinski definition) is 4. The van der Waals surface area contributed by atoms with Crippen LogP contribution in [0.3, 0.4) is 0 Å². The van der Waals surface area contributed by atoms with E-state index >= 15 is 0 Å². The average molecular weight is 279 g/mol. The minimum absolute atomic E-state index is 0.208. The van der Waals surface area contributed by atoms with Crippen LogP contribution in [0.4, 0.5) is 0 Å². The molecule has 20 heavy (non-hydrogen) atoms. The third-order valence-corrected chi connectivity index (χ3v) is 2.78. The zero-order valence-electron chi connectivity index (χ0n) is 12.4. The maximum atomic E-state index is 11.5. The molecular weight excluding hydrogens is 258 g/mol. The highest BCUT2D eigenvalue weighted by molar-refractivity contribution is 5.80. The Balaban J connectivity index is 2.58. The Hall–Kier alpha value is -2.04. The van der Waals surface area contributed by atoms with Gasteiger partial charge in [-0.2, -0.15) is 0 Å². The molecule has 0 bridgehead atoms. The van der Waals surface area contributed by atoms with E-state index < -0.39 is 5.97 Å². The van der Waals surface area contributed by atoms with Gasteiger partial charge in [0.1, 0.15) is 5.75 Å². The van der Waals surface area contributed by atoms with Crippen LogP contribution in [-0.2, 0) is 14.3 Å². The number of nitrogens with one attached hydrogen (secondary N) is 1. The third kappa shape index (κ3) is 4.91. The molecule has 1 aromatic rings. The van der Waals surface area contributed by atoms with Gasteiger partial charge in [-0.25, -0.2) is 4.79 Å². The Morgan fingerprint density at radius 1 is 1.25 bits per heavy atom. The lowest BCUT2D eigenvalue weighted by atomic mass is 10.0. The molecule has 1 aromatic carbocycles. The highest BCUT2D eigenvalue weighted by Crippen LogP contribution is 2.27. The topological polar surface area (TPSA) is 64.6 Å². The van der Waals surface area contributed by atoms with Crippen molar-refractivity contribution in [2.75, 3.05) is 20.3 Å². The second-order valence-corrected chi connectivity index (χ2v) is 4.82. The summed E-state index contributed by atoms with van der Waals surface area (Å²) < 4.78 is 10.3. The average Bonchev–Trinajstić information content (AvgIpc) is 2.42. The van der Waals surface area contributed by atoms with Gasteiger partial charge in [0, 0.05) is 7.05 Å². The number of carbonyl (C=O) groups is 2. The van der Waals surface area contributed by atoms with Crippen LogP contribution in [0.1, 0.15) is 30.9 Å². The summed E-state index contributed by atoms with van der Waals surface area (Å²) in [5.41, 5.74) is 2.10. The van der Waals surface area contributed by atoms with Crippen molar-refractivity contribution >= 4 is 11.9 Å². The number of hydrogen-bond donors (Lipinski definition) is 1. The van der Waals surface area contributed by atoms with Crippen molar-refractivity contribution in [3.8, 4) is 5.75 Å². The number of likely N-dealkylation sites (N-methyl/N-ethyl adjacent to an activating group) is 1. The number of amides is 1. The Morgan fingerprint density at radius 2 is 1.95 bits per heavy atom. The maximum absolute atomic E-state index is 11.5. The van der Waals surface area contributed by atoms with Crippen LogP contribution in [0.25, 0.3) is 0 Å². The predicted octanol–water partition coefficient (Wildman–Crippen LogP) is 1.79. The monoisotopic (exact) mass is 279 g/mol. The van der Waals surface area contributed by atoms with Crippen molar-refractivity contribution in [2.24, 2.45) is 0 Å². The number of aryl methyl sites for hydroxylation is 1. The Bertz CT molecular complexity index is 483. The van der Waals surface area contributed by atoms with Crippen LogP contribution >= 0.6 is 0 Å². The van der Waals surface area contributed by atoms with Crippen LogP contribution in [-0.4, -0.2) is 32.1 Å². The summed E-state index contributed by atoms with van der Waals surface area (Å²) in [6, 6.07) is 5.89. The molecule has 1 rings (SSSR count). The fourth-order valence-corrected chi connectivity index (χ4v) is 1.64. The van der Waals surface area contributed by atoms with E-state index in [-0.39, 0.29) is 19.1 Å². The Labute approximate surface area is 119 Å². The van der Waals surface area contributed by atoms with E-state index in [1.54, 1.807) is 0 Å². The summed E-state index contributed by atoms with van der Waals surface area (Å²) in [6.45, 7) is 5.58. The number of rotatable bonds is 6. The lowest BCUT2D eigenvalue weighted by Crippen LogP contribution is -2.26. The molecule has 5 nitrogen and oxygen atoms in total. The van der Waals surface area contributed by atoms with Crippen LogP contribution in [0.2, 0.25) is 0 Å². The molecule has 1 amide bonds. The van der Waals surface area contributed by atoms with E-state index in [1.807, 2.05) is 25.1 Å². The van der Waals surface area contributed by atoms with Crippen molar-refractivity contribution in [3.63, 3.8) is 0 Å². The first kappa shape index (κ1) is 16.0. The Morgan fingerprint density at radius 3 is 2.55 bits per heavy atom. The zero-order valence-corrected chi connectivity index (χ0v) is 12.4. The molecule has 110 valence electrons. The van der Waals surface area contributed by atoms with Gasteiger partial charge in [0.05, 0.1) is 0 Å². The van der Waals surface area contributed by atoms with Gasteiger partial charge in [0.15, 0.2) is 13.2 Å². The van der Waals surface area contributed by atoms with Gasteiger partial charge in [-0.15, -0.1) is 0 Å². The van der Waals surface area contributed by atoms with Crippen LogP contribution < -0.4 is 10.1 Å². The van der Waals surface area contributed by atoms with Gasteiger partial charge in [-0.3, -0.25) is 4.79 Å². The summed E-state index contributed by atoms with van der Waals surface area (Å²) in [4.78, 5) is 22.4. The number of ether oxygens (including phenoxy) is 2. The second-order valence-electron chi connectivity index (χ2n) is 4.82. The van der Waals surface area contributed by atoms with Crippen molar-refractivity contribution in [2.45, 2.75) is 26.7 Å². The second kappa shape index (κ2) is 7.53. The first-order valence-corrected chi connectivity index (χ1v) is 6.53. The summed E-state index contributed by atoms with van der Waals surface area (Å²) in [7, 11) is 1.48. The molecule has 0 fully saturated rings. The van der Waals surface area contributed by atoms with Gasteiger partial charge in [-0.05, 0) is 30.0 Å². The van der Waals surface area contributed by atoms with Gasteiger partial charge < -0.3 is 14.8 Å². The fourth-order valence-electron chi connectivity index (χ4n) is 1.64. The minimum Gasteiger partial charge on any atom is -0.482 e.